The molecular formula is C51H79NO12S. The number of Topliss-reactive ketones (excluding diaryl/α,β-unsaturated/α-hetero) is 3. The molecule has 0 spiro atoms. The number of hydrogen-bond donors (Lipinski definition) is 3. The van der Waals surface area contributed by atoms with Crippen LogP contribution in [0, 0.1) is 35.5 Å². The molecular weight excluding hydrogens is 851 g/mol. The van der Waals surface area contributed by atoms with Crippen molar-refractivity contribution in [2.45, 2.75) is 179 Å². The average Bonchev–Trinajstić information content (AvgIpc) is 3.28. The number of aliphatic hydroxyl groups is 3. The van der Waals surface area contributed by atoms with Crippen LogP contribution >= 0.6 is 11.8 Å². The highest BCUT2D eigenvalue weighted by molar-refractivity contribution is 7.99. The summed E-state index contributed by atoms with van der Waals surface area (Å²) in [5, 5.41) is 33.9. The number of carbonyl (C=O) groups excluding carboxylic acids is 5. The molecule has 4 aliphatic rings. The summed E-state index contributed by atoms with van der Waals surface area (Å²) in [5.41, 5.74) is 1.46. The van der Waals surface area contributed by atoms with E-state index in [4.69, 9.17) is 18.9 Å². The molecule has 2 bridgehead atoms. The van der Waals surface area contributed by atoms with Gasteiger partial charge in [0.25, 0.3) is 11.7 Å². The minimum atomic E-state index is -2.38. The molecule has 3 aliphatic heterocycles. The van der Waals surface area contributed by atoms with E-state index in [2.05, 4.69) is 0 Å². The fourth-order valence-electron chi connectivity index (χ4n) is 10.1. The summed E-state index contributed by atoms with van der Waals surface area (Å²) >= 11 is 1.63. The molecule has 3 heterocycles. The van der Waals surface area contributed by atoms with Crippen LogP contribution in [0.25, 0.3) is 0 Å². The number of ether oxygens (including phenoxy) is 4. The third-order valence-electron chi connectivity index (χ3n) is 14.5. The maximum Gasteiger partial charge on any atom is 0.329 e. The van der Waals surface area contributed by atoms with Crippen molar-refractivity contribution in [3.63, 3.8) is 0 Å². The van der Waals surface area contributed by atoms with E-state index in [9.17, 15) is 39.3 Å². The maximum absolute atomic E-state index is 14.4. The number of fused-ring (bicyclic) bond motifs is 3. The molecule has 0 unspecified atom stereocenters. The lowest BCUT2D eigenvalue weighted by Gasteiger charge is -2.42. The van der Waals surface area contributed by atoms with Crippen LogP contribution in [0.4, 0.5) is 0 Å². The number of allylic oxidation sites excluding steroid dienone is 6. The Balaban J connectivity index is 1.70. The van der Waals surface area contributed by atoms with Crippen molar-refractivity contribution in [3.05, 3.63) is 47.6 Å². The summed E-state index contributed by atoms with van der Waals surface area (Å²) in [6.45, 7) is 12.9. The Morgan fingerprint density at radius 1 is 0.892 bits per heavy atom. The first-order valence-corrected chi connectivity index (χ1v) is 25.2. The Morgan fingerprint density at radius 3 is 2.29 bits per heavy atom. The fourth-order valence-corrected chi connectivity index (χ4v) is 11.0. The van der Waals surface area contributed by atoms with Crippen molar-refractivity contribution in [2.24, 2.45) is 35.5 Å². The van der Waals surface area contributed by atoms with Gasteiger partial charge in [0.1, 0.15) is 30.1 Å². The third-order valence-corrected chi connectivity index (χ3v) is 15.6. The maximum atomic E-state index is 14.4. The molecule has 0 aromatic carbocycles. The van der Waals surface area contributed by atoms with E-state index in [-0.39, 0.29) is 60.1 Å². The Morgan fingerprint density at radius 2 is 1.62 bits per heavy atom. The number of amides is 1. The minimum Gasteiger partial charge on any atom is -0.460 e. The monoisotopic (exact) mass is 930 g/mol. The standard InChI is InChI=1S/C51H79NO12S/c1-30-16-12-11-13-17-31(2)44(65-10)28-38-21-19-36(7)51(60,64-38)48(57)49(58)52-23-15-14-18-39(52)50(59)63-42(33(4)26-37-20-22-40(53)43(27-37)61-8)29-41(54)32(3)25-35(6)46(56)47(62-9)45(55)34(5)24-30/h11-13,16-17,25,30,32-34,36-40,42-44,46-47,53,56,60H,14-15,18-24,26-29H2,1-10H3/b13-11+,16-12+,31-17+,35-25+/t30-,32-,33-,34-,36-,37+,38+,39+,40-,42+,43-,44+,46-,47+,51-/m1/s1. The van der Waals surface area contributed by atoms with Crippen molar-refractivity contribution in [1.29, 1.82) is 0 Å². The number of nitrogens with zero attached hydrogens (tertiary/aromatic N) is 1. The van der Waals surface area contributed by atoms with Gasteiger partial charge in [-0.05, 0) is 114 Å². The number of carbonyl (C=O) groups is 5. The number of piperidine rings is 1. The summed E-state index contributed by atoms with van der Waals surface area (Å²) in [6.07, 6.45) is 14.4. The van der Waals surface area contributed by atoms with Gasteiger partial charge in [-0.25, -0.2) is 4.79 Å². The number of aliphatic hydroxyl groups excluding tert-OH is 2. The van der Waals surface area contributed by atoms with Gasteiger partial charge in [-0.2, -0.15) is 11.8 Å². The smallest absolute Gasteiger partial charge is 0.329 e. The molecule has 3 N–H and O–H groups in total. The summed E-state index contributed by atoms with van der Waals surface area (Å²) in [5.74, 6) is -7.73. The Kier molecular flexibility index (Phi) is 21.3. The zero-order valence-corrected chi connectivity index (χ0v) is 41.4. The highest BCUT2D eigenvalue weighted by Gasteiger charge is 2.53. The van der Waals surface area contributed by atoms with E-state index in [1.807, 2.05) is 64.3 Å². The second kappa shape index (κ2) is 25.4. The van der Waals surface area contributed by atoms with E-state index in [1.165, 1.54) is 12.0 Å². The number of methoxy groups -OCH3 is 2. The second-order valence-corrected chi connectivity index (χ2v) is 20.6. The van der Waals surface area contributed by atoms with Crippen LogP contribution in [0.1, 0.15) is 126 Å². The number of rotatable bonds is 6. The van der Waals surface area contributed by atoms with E-state index in [1.54, 1.807) is 45.7 Å². The molecule has 13 nitrogen and oxygen atoms in total. The first-order chi connectivity index (χ1) is 30.7. The Labute approximate surface area is 392 Å². The lowest BCUT2D eigenvalue weighted by Crippen LogP contribution is -2.60. The quantitative estimate of drug-likeness (QED) is 0.142. The van der Waals surface area contributed by atoms with Crippen molar-refractivity contribution >= 4 is 41.0 Å². The largest absolute Gasteiger partial charge is 0.460 e. The van der Waals surface area contributed by atoms with E-state index >= 15 is 0 Å². The van der Waals surface area contributed by atoms with Gasteiger partial charge >= 0.3 is 5.97 Å². The molecule has 1 amide bonds. The Hall–Kier alpha value is -2.98. The predicted octanol–water partition coefficient (Wildman–Crippen LogP) is 6.90. The minimum absolute atomic E-state index is 0.000885. The number of cyclic esters (lactones) is 1. The molecule has 1 aliphatic carbocycles. The highest BCUT2D eigenvalue weighted by atomic mass is 32.2. The lowest BCUT2D eigenvalue weighted by molar-refractivity contribution is -0.263. The van der Waals surface area contributed by atoms with E-state index < -0.39 is 77.8 Å². The van der Waals surface area contributed by atoms with Gasteiger partial charge in [0, 0.05) is 50.2 Å². The normalized spacial score (nSPS) is 40.4. The summed E-state index contributed by atoms with van der Waals surface area (Å²) in [6, 6.07) is -1.12. The van der Waals surface area contributed by atoms with Crippen LogP contribution in [0.3, 0.4) is 0 Å². The Bertz CT molecular complexity index is 1760. The van der Waals surface area contributed by atoms with Crippen LogP contribution < -0.4 is 0 Å². The van der Waals surface area contributed by atoms with Gasteiger partial charge in [-0.15, -0.1) is 0 Å². The van der Waals surface area contributed by atoms with Crippen LogP contribution in [-0.2, 0) is 42.9 Å². The molecule has 14 heteroatoms. The number of thioether (sulfide) groups is 1. The van der Waals surface area contributed by atoms with Gasteiger partial charge in [-0.3, -0.25) is 19.2 Å². The summed E-state index contributed by atoms with van der Waals surface area (Å²) in [7, 11) is 2.96. The van der Waals surface area contributed by atoms with E-state index in [0.29, 0.717) is 63.4 Å². The van der Waals surface area contributed by atoms with Crippen molar-refractivity contribution in [1.82, 2.24) is 4.90 Å². The first-order valence-electron chi connectivity index (χ1n) is 23.9. The van der Waals surface area contributed by atoms with Crippen molar-refractivity contribution in [3.8, 4) is 0 Å². The first kappa shape index (κ1) is 54.6. The van der Waals surface area contributed by atoms with Crippen molar-refractivity contribution in [2.75, 3.05) is 27.0 Å². The molecule has 366 valence electrons. The molecule has 1 saturated carbocycles. The number of hydrogen-bond acceptors (Lipinski definition) is 13. The van der Waals surface area contributed by atoms with E-state index in [0.717, 1.165) is 12.0 Å². The molecule has 65 heavy (non-hydrogen) atoms. The lowest BCUT2D eigenvalue weighted by atomic mass is 9.78. The fraction of sp³-hybridized carbons (Fsp3) is 0.745. The van der Waals surface area contributed by atoms with Crippen LogP contribution in [0.2, 0.25) is 0 Å². The number of esters is 1. The van der Waals surface area contributed by atoms with Crippen LogP contribution in [0.5, 0.6) is 0 Å². The average molecular weight is 930 g/mol. The zero-order valence-electron chi connectivity index (χ0n) is 40.6. The van der Waals surface area contributed by atoms with Gasteiger partial charge < -0.3 is 39.2 Å². The molecule has 15 atom stereocenters. The molecule has 2 saturated heterocycles. The molecule has 0 radical (unpaired) electrons. The van der Waals surface area contributed by atoms with Gasteiger partial charge in [0.2, 0.25) is 5.79 Å². The highest BCUT2D eigenvalue weighted by Crippen LogP contribution is 2.38. The SMILES string of the molecule is CO[C@@H]1C[C@H](C[C@@H](C)[C@@H]2CC(=O)[C@H](C)/C=C(\C)[C@@H](O)[C@@H](OC)C(=O)[C@H](C)C[C@H](C)/C=C/C=C/C=C(\C)[C@@H](SC)C[C@@H]3CC[C@@H](C)[C@@](O)(O3)C(=O)C(=O)N3CCCC[C@H]3C(=O)O2)CC[C@H]1O. The zero-order chi connectivity index (χ0) is 48.2. The molecule has 0 aromatic rings. The van der Waals surface area contributed by atoms with Gasteiger partial charge in [-0.1, -0.05) is 76.6 Å². The summed E-state index contributed by atoms with van der Waals surface area (Å²) < 4.78 is 23.6. The predicted molar refractivity (Wildman–Crippen MR) is 252 cm³/mol. The second-order valence-electron chi connectivity index (χ2n) is 19.6. The number of ketones is 3. The van der Waals surface area contributed by atoms with Gasteiger partial charge in [0.15, 0.2) is 5.78 Å². The van der Waals surface area contributed by atoms with Gasteiger partial charge in [0.05, 0.1) is 18.3 Å². The third kappa shape index (κ3) is 14.5. The topological polar surface area (TPSA) is 186 Å². The molecule has 3 fully saturated rings. The molecule has 4 rings (SSSR count). The van der Waals surface area contributed by atoms with Crippen LogP contribution in [-0.4, -0.2) is 130 Å². The van der Waals surface area contributed by atoms with Crippen LogP contribution in [0.15, 0.2) is 47.6 Å². The molecule has 0 aromatic heterocycles. The summed E-state index contributed by atoms with van der Waals surface area (Å²) in [4.78, 5) is 71.9. The van der Waals surface area contributed by atoms with Crippen molar-refractivity contribution < 1.29 is 58.2 Å².